The molecule has 1 saturated heterocycles. The topological polar surface area (TPSA) is 105 Å². The number of ether oxygens (including phenoxy) is 2. The second-order valence-corrected chi connectivity index (χ2v) is 8.55. The van der Waals surface area contributed by atoms with Gasteiger partial charge in [0.1, 0.15) is 12.6 Å². The summed E-state index contributed by atoms with van der Waals surface area (Å²) >= 11 is 0. The molecule has 9 heteroatoms. The average molecular weight is 462 g/mol. The second kappa shape index (κ2) is 12.8. The number of hydrogen-bond donors (Lipinski definition) is 1. The van der Waals surface area contributed by atoms with Gasteiger partial charge >= 0.3 is 12.1 Å². The summed E-state index contributed by atoms with van der Waals surface area (Å²) in [5.41, 5.74) is 0.838. The summed E-state index contributed by atoms with van der Waals surface area (Å²) < 4.78 is 10.3. The number of piperidine rings is 1. The van der Waals surface area contributed by atoms with Crippen LogP contribution in [0.4, 0.5) is 4.79 Å². The predicted octanol–water partition coefficient (Wildman–Crippen LogP) is 2.20. The van der Waals surface area contributed by atoms with Crippen LogP contribution in [0.25, 0.3) is 0 Å². The van der Waals surface area contributed by atoms with Crippen molar-refractivity contribution in [3.8, 4) is 0 Å². The van der Waals surface area contributed by atoms with E-state index in [0.29, 0.717) is 26.0 Å². The van der Waals surface area contributed by atoms with E-state index in [9.17, 15) is 19.2 Å². The molecule has 1 aliphatic rings. The lowest BCUT2D eigenvalue weighted by molar-refractivity contribution is -0.152. The Morgan fingerprint density at radius 1 is 1.15 bits per heavy atom. The Kier molecular flexibility index (Phi) is 10.2. The van der Waals surface area contributed by atoms with Gasteiger partial charge in [0, 0.05) is 20.1 Å². The van der Waals surface area contributed by atoms with Crippen molar-refractivity contribution in [3.05, 3.63) is 35.9 Å². The number of rotatable bonds is 9. The lowest BCUT2D eigenvalue weighted by Crippen LogP contribution is -2.53. The molecular weight excluding hydrogens is 426 g/mol. The van der Waals surface area contributed by atoms with E-state index in [0.717, 1.165) is 5.56 Å². The van der Waals surface area contributed by atoms with E-state index in [1.54, 1.807) is 11.8 Å². The van der Waals surface area contributed by atoms with Gasteiger partial charge in [-0.25, -0.2) is 4.79 Å². The Hall–Kier alpha value is -3.10. The molecule has 1 aromatic carbocycles. The summed E-state index contributed by atoms with van der Waals surface area (Å²) in [6, 6.07) is 8.41. The van der Waals surface area contributed by atoms with E-state index >= 15 is 0 Å². The van der Waals surface area contributed by atoms with Crippen molar-refractivity contribution in [1.29, 1.82) is 0 Å². The molecule has 2 rings (SSSR count). The molecule has 1 aliphatic heterocycles. The zero-order chi connectivity index (χ0) is 24.4. The number of likely N-dealkylation sites (N-methyl/N-ethyl adjacent to an activating group) is 1. The van der Waals surface area contributed by atoms with Gasteiger partial charge in [0.05, 0.1) is 19.1 Å². The third kappa shape index (κ3) is 8.07. The molecule has 0 aliphatic carbocycles. The van der Waals surface area contributed by atoms with E-state index in [-0.39, 0.29) is 49.3 Å². The minimum atomic E-state index is -0.834. The maximum Gasteiger partial charge on any atom is 0.408 e. The van der Waals surface area contributed by atoms with Gasteiger partial charge in [-0.15, -0.1) is 0 Å². The fraction of sp³-hybridized carbons (Fsp3) is 0.583. The highest BCUT2D eigenvalue weighted by molar-refractivity contribution is 5.89. The summed E-state index contributed by atoms with van der Waals surface area (Å²) in [5, 5.41) is 2.62. The van der Waals surface area contributed by atoms with E-state index < -0.39 is 12.1 Å². The molecule has 2 atom stereocenters. The van der Waals surface area contributed by atoms with Crippen molar-refractivity contribution in [1.82, 2.24) is 15.1 Å². The minimum absolute atomic E-state index is 0.0938. The Morgan fingerprint density at radius 3 is 2.48 bits per heavy atom. The largest absolute Gasteiger partial charge is 0.466 e. The molecule has 1 fully saturated rings. The van der Waals surface area contributed by atoms with Crippen molar-refractivity contribution >= 4 is 23.9 Å². The Morgan fingerprint density at radius 2 is 1.85 bits per heavy atom. The summed E-state index contributed by atoms with van der Waals surface area (Å²) in [6.45, 7) is 6.45. The van der Waals surface area contributed by atoms with Crippen LogP contribution in [0.1, 0.15) is 39.2 Å². The molecule has 9 nitrogen and oxygen atoms in total. The van der Waals surface area contributed by atoms with Crippen LogP contribution < -0.4 is 5.32 Å². The van der Waals surface area contributed by atoms with Crippen molar-refractivity contribution < 1.29 is 28.7 Å². The maximum absolute atomic E-state index is 13.0. The highest BCUT2D eigenvalue weighted by Gasteiger charge is 2.32. The molecule has 3 amide bonds. The first-order valence-corrected chi connectivity index (χ1v) is 11.4. The lowest BCUT2D eigenvalue weighted by Gasteiger charge is -2.33. The van der Waals surface area contributed by atoms with Crippen LogP contribution in [0, 0.1) is 11.8 Å². The zero-order valence-corrected chi connectivity index (χ0v) is 19.9. The first kappa shape index (κ1) is 26.2. The van der Waals surface area contributed by atoms with Gasteiger partial charge in [-0.1, -0.05) is 44.2 Å². The van der Waals surface area contributed by atoms with Crippen LogP contribution in [-0.2, 0) is 30.5 Å². The fourth-order valence-electron chi connectivity index (χ4n) is 3.68. The summed E-state index contributed by atoms with van der Waals surface area (Å²) in [6.07, 6.45) is 0.692. The lowest BCUT2D eigenvalue weighted by atomic mass is 9.98. The molecule has 1 heterocycles. The zero-order valence-electron chi connectivity index (χ0n) is 19.9. The molecule has 0 bridgehead atoms. The minimum Gasteiger partial charge on any atom is -0.466 e. The number of alkyl carbamates (subject to hydrolysis) is 1. The van der Waals surface area contributed by atoms with Gasteiger partial charge in [-0.3, -0.25) is 14.4 Å². The predicted molar refractivity (Wildman–Crippen MR) is 122 cm³/mol. The number of nitrogens with zero attached hydrogens (tertiary/aromatic N) is 2. The third-order valence-electron chi connectivity index (χ3n) is 5.56. The SMILES string of the molecule is CCOC(=O)C1CCCN(C(=O)CN(C)C(=O)[C@@H](NC(=O)OCc2ccccc2)C(C)C)C1. The molecule has 0 spiro atoms. The molecule has 0 aromatic heterocycles. The van der Waals surface area contributed by atoms with Crippen LogP contribution in [0.2, 0.25) is 0 Å². The van der Waals surface area contributed by atoms with Crippen molar-refractivity contribution in [3.63, 3.8) is 0 Å². The number of likely N-dealkylation sites (tertiary alicyclic amines) is 1. The second-order valence-electron chi connectivity index (χ2n) is 8.55. The first-order valence-electron chi connectivity index (χ1n) is 11.4. The van der Waals surface area contributed by atoms with Crippen molar-refractivity contribution in [2.45, 2.75) is 46.3 Å². The van der Waals surface area contributed by atoms with Gasteiger partial charge in [-0.2, -0.15) is 0 Å². The monoisotopic (exact) mass is 461 g/mol. The van der Waals surface area contributed by atoms with Crippen molar-refractivity contribution in [2.24, 2.45) is 11.8 Å². The number of esters is 1. The maximum atomic E-state index is 13.0. The Labute approximate surface area is 195 Å². The number of amides is 3. The fourth-order valence-corrected chi connectivity index (χ4v) is 3.68. The quantitative estimate of drug-likeness (QED) is 0.565. The normalized spacial score (nSPS) is 16.6. The Bertz CT molecular complexity index is 814. The molecular formula is C24H35N3O6. The Balaban J connectivity index is 1.89. The molecule has 1 aromatic rings. The van der Waals surface area contributed by atoms with E-state index in [4.69, 9.17) is 9.47 Å². The summed E-state index contributed by atoms with van der Waals surface area (Å²) in [4.78, 5) is 53.0. The van der Waals surface area contributed by atoms with Gasteiger partial charge in [0.2, 0.25) is 11.8 Å². The van der Waals surface area contributed by atoms with E-state index in [2.05, 4.69) is 5.32 Å². The first-order chi connectivity index (χ1) is 15.7. The molecule has 0 radical (unpaired) electrons. The van der Waals surface area contributed by atoms with E-state index in [1.807, 2.05) is 44.2 Å². The standard InChI is InChI=1S/C24H35N3O6/c1-5-32-23(30)19-12-9-13-27(14-19)20(28)15-26(4)22(29)21(17(2)3)25-24(31)33-16-18-10-7-6-8-11-18/h6-8,10-11,17,19,21H,5,9,12-16H2,1-4H3,(H,25,31)/t19?,21-/m0/s1. The summed E-state index contributed by atoms with van der Waals surface area (Å²) in [5.74, 6) is -1.46. The number of carbonyl (C=O) groups excluding carboxylic acids is 4. The van der Waals surface area contributed by atoms with Crippen LogP contribution in [0.15, 0.2) is 30.3 Å². The highest BCUT2D eigenvalue weighted by Crippen LogP contribution is 2.18. The van der Waals surface area contributed by atoms with Gasteiger partial charge in [0.15, 0.2) is 0 Å². The number of hydrogen-bond acceptors (Lipinski definition) is 6. The highest BCUT2D eigenvalue weighted by atomic mass is 16.5. The van der Waals surface area contributed by atoms with Gasteiger partial charge in [-0.05, 0) is 31.2 Å². The van der Waals surface area contributed by atoms with E-state index in [1.165, 1.54) is 11.9 Å². The van der Waals surface area contributed by atoms with Crippen molar-refractivity contribution in [2.75, 3.05) is 33.3 Å². The number of carbonyl (C=O) groups is 4. The molecule has 0 saturated carbocycles. The molecule has 1 unspecified atom stereocenters. The number of nitrogens with one attached hydrogen (secondary N) is 1. The summed E-state index contributed by atoms with van der Waals surface area (Å²) in [7, 11) is 1.53. The molecule has 1 N–H and O–H groups in total. The smallest absolute Gasteiger partial charge is 0.408 e. The van der Waals surface area contributed by atoms with Gasteiger partial charge in [0.25, 0.3) is 0 Å². The average Bonchev–Trinajstić information content (AvgIpc) is 2.81. The third-order valence-corrected chi connectivity index (χ3v) is 5.56. The molecule has 182 valence electrons. The number of benzene rings is 1. The van der Waals surface area contributed by atoms with Crippen LogP contribution in [-0.4, -0.2) is 73.0 Å². The van der Waals surface area contributed by atoms with Crippen LogP contribution in [0.5, 0.6) is 0 Å². The van der Waals surface area contributed by atoms with Gasteiger partial charge < -0.3 is 24.6 Å². The molecule has 33 heavy (non-hydrogen) atoms. The van der Waals surface area contributed by atoms with Crippen LogP contribution >= 0.6 is 0 Å². The van der Waals surface area contributed by atoms with Crippen LogP contribution in [0.3, 0.4) is 0 Å².